The predicted octanol–water partition coefficient (Wildman–Crippen LogP) is 4.39. The third kappa shape index (κ3) is 3.10. The number of nitrogens with one attached hydrogen (secondary N) is 1. The van der Waals surface area contributed by atoms with Gasteiger partial charge in [-0.25, -0.2) is 0 Å². The van der Waals surface area contributed by atoms with E-state index in [0.717, 1.165) is 6.54 Å². The first-order valence-corrected chi connectivity index (χ1v) is 6.73. The van der Waals surface area contributed by atoms with Gasteiger partial charge in [-0.1, -0.05) is 45.9 Å². The van der Waals surface area contributed by atoms with E-state index in [-0.39, 0.29) is 5.41 Å². The van der Waals surface area contributed by atoms with Crippen LogP contribution in [0, 0.1) is 19.3 Å². The summed E-state index contributed by atoms with van der Waals surface area (Å²) in [6, 6.07) is 7.08. The first kappa shape index (κ1) is 14.2. The van der Waals surface area contributed by atoms with Crippen molar-refractivity contribution in [2.45, 2.75) is 54.0 Å². The molecule has 1 atom stereocenters. The Morgan fingerprint density at radius 2 is 1.82 bits per heavy atom. The van der Waals surface area contributed by atoms with Gasteiger partial charge in [0, 0.05) is 6.04 Å². The molecule has 1 unspecified atom stereocenters. The molecule has 0 aliphatic carbocycles. The van der Waals surface area contributed by atoms with Gasteiger partial charge in [0.15, 0.2) is 0 Å². The maximum Gasteiger partial charge on any atom is 0.0374 e. The monoisotopic (exact) mass is 233 g/mol. The molecule has 0 saturated heterocycles. The highest BCUT2D eigenvalue weighted by Gasteiger charge is 2.29. The minimum Gasteiger partial charge on any atom is -0.310 e. The molecule has 1 rings (SSSR count). The van der Waals surface area contributed by atoms with Crippen LogP contribution in [-0.2, 0) is 0 Å². The van der Waals surface area contributed by atoms with Crippen LogP contribution in [0.25, 0.3) is 0 Å². The topological polar surface area (TPSA) is 12.0 Å². The molecular formula is C16H27N. The lowest BCUT2D eigenvalue weighted by Gasteiger charge is -2.35. The summed E-state index contributed by atoms with van der Waals surface area (Å²) in [6.45, 7) is 14.6. The molecule has 0 fully saturated rings. The molecule has 0 saturated carbocycles. The van der Waals surface area contributed by atoms with Crippen LogP contribution < -0.4 is 5.32 Å². The number of benzene rings is 1. The normalized spacial score (nSPS) is 13.8. The van der Waals surface area contributed by atoms with Crippen LogP contribution in [0.2, 0.25) is 0 Å². The molecule has 1 N–H and O–H groups in total. The highest BCUT2D eigenvalue weighted by Crippen LogP contribution is 2.37. The summed E-state index contributed by atoms with van der Waals surface area (Å²) in [5.41, 5.74) is 4.56. The van der Waals surface area contributed by atoms with Crippen LogP contribution in [0.1, 0.15) is 56.8 Å². The fourth-order valence-corrected chi connectivity index (χ4v) is 2.30. The summed E-state index contributed by atoms with van der Waals surface area (Å²) in [6.07, 6.45) is 1.18. The molecule has 1 heteroatoms. The van der Waals surface area contributed by atoms with Crippen molar-refractivity contribution in [3.05, 3.63) is 34.9 Å². The molecule has 0 bridgehead atoms. The first-order chi connectivity index (χ1) is 7.94. The fourth-order valence-electron chi connectivity index (χ4n) is 2.30. The summed E-state index contributed by atoms with van der Waals surface area (Å²) < 4.78 is 0. The molecule has 0 spiro atoms. The Bertz CT molecular complexity index is 366. The standard InChI is InChI=1S/C16H27N/c1-7-16(5,6)15(17-8-2)14-11-9-10-12(3)13(14)4/h9-11,15,17H,7-8H2,1-6H3. The van der Waals surface area contributed by atoms with Gasteiger partial charge in [-0.15, -0.1) is 0 Å². The highest BCUT2D eigenvalue weighted by molar-refractivity contribution is 5.36. The van der Waals surface area contributed by atoms with E-state index in [1.807, 2.05) is 0 Å². The van der Waals surface area contributed by atoms with Gasteiger partial charge in [-0.3, -0.25) is 0 Å². The van der Waals surface area contributed by atoms with Gasteiger partial charge in [-0.05, 0) is 48.9 Å². The smallest absolute Gasteiger partial charge is 0.0374 e. The van der Waals surface area contributed by atoms with Gasteiger partial charge in [0.1, 0.15) is 0 Å². The van der Waals surface area contributed by atoms with Crippen LogP contribution in [0.5, 0.6) is 0 Å². The molecule has 1 aromatic rings. The average molecular weight is 233 g/mol. The molecular weight excluding hydrogens is 206 g/mol. The van der Waals surface area contributed by atoms with Crippen LogP contribution in [-0.4, -0.2) is 6.54 Å². The van der Waals surface area contributed by atoms with Gasteiger partial charge in [0.05, 0.1) is 0 Å². The van der Waals surface area contributed by atoms with Crippen molar-refractivity contribution in [2.24, 2.45) is 5.41 Å². The molecule has 0 heterocycles. The van der Waals surface area contributed by atoms with Gasteiger partial charge in [0.2, 0.25) is 0 Å². The van der Waals surface area contributed by atoms with Gasteiger partial charge in [0.25, 0.3) is 0 Å². The van der Waals surface area contributed by atoms with E-state index in [1.165, 1.54) is 23.1 Å². The minimum absolute atomic E-state index is 0.286. The van der Waals surface area contributed by atoms with Crippen molar-refractivity contribution in [3.8, 4) is 0 Å². The Hall–Kier alpha value is -0.820. The zero-order valence-corrected chi connectivity index (χ0v) is 12.2. The van der Waals surface area contributed by atoms with Crippen LogP contribution >= 0.6 is 0 Å². The predicted molar refractivity (Wildman–Crippen MR) is 76.4 cm³/mol. The van der Waals surface area contributed by atoms with Crippen molar-refractivity contribution in [1.29, 1.82) is 0 Å². The van der Waals surface area contributed by atoms with E-state index >= 15 is 0 Å². The maximum absolute atomic E-state index is 3.66. The zero-order valence-electron chi connectivity index (χ0n) is 12.2. The van der Waals surface area contributed by atoms with Crippen LogP contribution in [0.3, 0.4) is 0 Å². The second-order valence-electron chi connectivity index (χ2n) is 5.62. The summed E-state index contributed by atoms with van der Waals surface area (Å²) >= 11 is 0. The summed E-state index contributed by atoms with van der Waals surface area (Å²) in [7, 11) is 0. The lowest BCUT2D eigenvalue weighted by atomic mass is 9.76. The molecule has 1 nitrogen and oxygen atoms in total. The summed E-state index contributed by atoms with van der Waals surface area (Å²) in [4.78, 5) is 0. The van der Waals surface area contributed by atoms with Crippen molar-refractivity contribution in [3.63, 3.8) is 0 Å². The van der Waals surface area contributed by atoms with Crippen molar-refractivity contribution >= 4 is 0 Å². The summed E-state index contributed by atoms with van der Waals surface area (Å²) in [5, 5.41) is 3.66. The minimum atomic E-state index is 0.286. The Morgan fingerprint density at radius 3 is 2.35 bits per heavy atom. The number of hydrogen-bond acceptors (Lipinski definition) is 1. The Kier molecular flexibility index (Phi) is 4.76. The average Bonchev–Trinajstić information content (AvgIpc) is 2.30. The van der Waals surface area contributed by atoms with Crippen LogP contribution in [0.4, 0.5) is 0 Å². The van der Waals surface area contributed by atoms with Crippen molar-refractivity contribution in [2.75, 3.05) is 6.54 Å². The third-order valence-electron chi connectivity index (χ3n) is 4.06. The second-order valence-corrected chi connectivity index (χ2v) is 5.62. The number of rotatable bonds is 5. The summed E-state index contributed by atoms with van der Waals surface area (Å²) in [5.74, 6) is 0. The van der Waals surface area contributed by atoms with Crippen molar-refractivity contribution < 1.29 is 0 Å². The van der Waals surface area contributed by atoms with E-state index in [2.05, 4.69) is 65.1 Å². The molecule has 96 valence electrons. The Morgan fingerprint density at radius 1 is 1.18 bits per heavy atom. The second kappa shape index (κ2) is 5.68. The molecule has 0 aromatic heterocycles. The van der Waals surface area contributed by atoms with E-state index in [1.54, 1.807) is 0 Å². The van der Waals surface area contributed by atoms with Gasteiger partial charge < -0.3 is 5.32 Å². The Labute approximate surface area is 107 Å². The molecule has 0 aliphatic heterocycles. The lowest BCUT2D eigenvalue weighted by Crippen LogP contribution is -2.34. The molecule has 0 amide bonds. The van der Waals surface area contributed by atoms with E-state index in [9.17, 15) is 0 Å². The molecule has 1 aromatic carbocycles. The quantitative estimate of drug-likeness (QED) is 0.795. The van der Waals surface area contributed by atoms with E-state index in [4.69, 9.17) is 0 Å². The van der Waals surface area contributed by atoms with Gasteiger partial charge >= 0.3 is 0 Å². The van der Waals surface area contributed by atoms with Gasteiger partial charge in [-0.2, -0.15) is 0 Å². The highest BCUT2D eigenvalue weighted by atomic mass is 14.9. The van der Waals surface area contributed by atoms with E-state index < -0.39 is 0 Å². The Balaban J connectivity index is 3.18. The number of hydrogen-bond donors (Lipinski definition) is 1. The van der Waals surface area contributed by atoms with E-state index in [0.29, 0.717) is 6.04 Å². The molecule has 0 radical (unpaired) electrons. The first-order valence-electron chi connectivity index (χ1n) is 6.73. The SMILES string of the molecule is CCNC(c1cccc(C)c1C)C(C)(C)CC. The third-order valence-corrected chi connectivity index (χ3v) is 4.06. The lowest BCUT2D eigenvalue weighted by molar-refractivity contribution is 0.236. The maximum atomic E-state index is 3.66. The largest absolute Gasteiger partial charge is 0.310 e. The number of aryl methyl sites for hydroxylation is 1. The zero-order chi connectivity index (χ0) is 13.1. The van der Waals surface area contributed by atoms with Crippen LogP contribution in [0.15, 0.2) is 18.2 Å². The molecule has 0 aliphatic rings. The van der Waals surface area contributed by atoms with Crippen molar-refractivity contribution in [1.82, 2.24) is 5.32 Å². The molecule has 17 heavy (non-hydrogen) atoms. The fraction of sp³-hybridized carbons (Fsp3) is 0.625.